The van der Waals surface area contributed by atoms with Gasteiger partial charge in [-0.05, 0) is 0 Å². The van der Waals surface area contributed by atoms with Crippen LogP contribution in [0.3, 0.4) is 0 Å². The van der Waals surface area contributed by atoms with Gasteiger partial charge in [0.15, 0.2) is 0 Å². The van der Waals surface area contributed by atoms with Crippen molar-refractivity contribution >= 4 is 9.04 Å². The van der Waals surface area contributed by atoms with E-state index in [4.69, 9.17) is 2.64 Å². The molecule has 0 saturated heterocycles. The van der Waals surface area contributed by atoms with E-state index in [0.717, 1.165) is 0 Å². The Labute approximate surface area is 84.8 Å². The largest absolute Gasteiger partial charge is 0.344 e. The summed E-state index contributed by atoms with van der Waals surface area (Å²) in [7, 11) is 0. The van der Waals surface area contributed by atoms with E-state index in [9.17, 15) is 4.79 Å². The molecule has 1 aromatic carbocycles. The van der Waals surface area contributed by atoms with E-state index in [1.165, 1.54) is 10.00 Å². The zero-order valence-electron chi connectivity index (χ0n) is 7.12. The first kappa shape index (κ1) is 11.6. The van der Waals surface area contributed by atoms with Crippen LogP contribution in [0.1, 0.15) is 6.92 Å². The molecule has 0 amide bonds. The maximum atomic E-state index is 10.5. The molecule has 3 N–H and O–H groups in total. The Kier molecular flexibility index (Phi) is 5.93. The van der Waals surface area contributed by atoms with Crippen LogP contribution in [-0.4, -0.2) is 5.97 Å². The molecule has 0 saturated carbocycles. The second kappa shape index (κ2) is 6.14. The minimum absolute atomic E-state index is 0. The summed E-state index contributed by atoms with van der Waals surface area (Å²) in [5.41, 5.74) is 0. The second-order valence-electron chi connectivity index (χ2n) is 2.27. The topological polar surface area (TPSA) is 61.3 Å². The molecule has 4 heteroatoms. The third-order valence-electron chi connectivity index (χ3n) is 1.28. The maximum Gasteiger partial charge on any atom is -0.344 e. The summed E-state index contributed by atoms with van der Waals surface area (Å²) in [6, 6.07) is 9.94. The van der Waals surface area contributed by atoms with Gasteiger partial charge in [-0.2, -0.15) is 0 Å². The number of carbonyl (C=O) groups excluding carboxylic acids is 1. The van der Waals surface area contributed by atoms with Crippen LogP contribution in [0, 0.1) is 0 Å². The van der Waals surface area contributed by atoms with Crippen LogP contribution in [0.25, 0.3) is 0 Å². The van der Waals surface area contributed by atoms with Crippen molar-refractivity contribution in [3.05, 3.63) is 30.3 Å². The van der Waals surface area contributed by atoms with E-state index in [1.807, 2.05) is 30.3 Å². The molecule has 0 unspecified atom stereocenters. The zero-order chi connectivity index (χ0) is 8.10. The molecule has 0 aromatic heterocycles. The zero-order valence-corrected chi connectivity index (χ0v) is 12.6. The quantitative estimate of drug-likeness (QED) is 0.808. The van der Waals surface area contributed by atoms with E-state index in [2.05, 4.69) is 0 Å². The predicted molar refractivity (Wildman–Crippen MR) is 42.9 cm³/mol. The molecule has 0 radical (unpaired) electrons. The van der Waals surface area contributed by atoms with E-state index in [1.54, 1.807) is 0 Å². The van der Waals surface area contributed by atoms with Gasteiger partial charge in [-0.1, -0.05) is 0 Å². The first-order chi connectivity index (χ1) is 5.29. The fourth-order valence-electron chi connectivity index (χ4n) is 0.759. The molecule has 0 spiro atoms. The summed E-state index contributed by atoms with van der Waals surface area (Å²) in [5, 5.41) is 0. The van der Waals surface area contributed by atoms with Crippen molar-refractivity contribution in [2.24, 2.45) is 0 Å². The molecule has 0 aliphatic rings. The van der Waals surface area contributed by atoms with Gasteiger partial charge < -0.3 is 6.15 Å². The van der Waals surface area contributed by atoms with Gasteiger partial charge in [-0.15, -0.1) is 0 Å². The van der Waals surface area contributed by atoms with E-state index < -0.39 is 25.0 Å². The molecule has 0 aliphatic heterocycles. The fourth-order valence-corrected chi connectivity index (χ4v) is 4.00. The summed E-state index contributed by atoms with van der Waals surface area (Å²) in [5.74, 6) is -0.143. The number of benzene rings is 1. The van der Waals surface area contributed by atoms with Crippen molar-refractivity contribution in [1.29, 1.82) is 0 Å². The van der Waals surface area contributed by atoms with Gasteiger partial charge in [-0.25, -0.2) is 0 Å². The molecular formula is C8H11HgNO2. The van der Waals surface area contributed by atoms with Gasteiger partial charge in [0.05, 0.1) is 0 Å². The summed E-state index contributed by atoms with van der Waals surface area (Å²) < 4.78 is 6.25. The van der Waals surface area contributed by atoms with Crippen LogP contribution < -0.4 is 9.22 Å². The average molecular weight is 354 g/mol. The Morgan fingerprint density at radius 3 is 2.42 bits per heavy atom. The number of carbonyl (C=O) groups is 1. The molecule has 0 aliphatic carbocycles. The fraction of sp³-hybridized carbons (Fsp3) is 0.125. The Hall–Kier alpha value is -0.415. The Bertz CT molecular complexity index is 238. The van der Waals surface area contributed by atoms with Crippen molar-refractivity contribution in [2.45, 2.75) is 6.92 Å². The minimum Gasteiger partial charge on any atom is -0.344 e. The van der Waals surface area contributed by atoms with Crippen LogP contribution in [0.4, 0.5) is 0 Å². The van der Waals surface area contributed by atoms with Crippen molar-refractivity contribution in [3.63, 3.8) is 0 Å². The molecule has 3 nitrogen and oxygen atoms in total. The van der Waals surface area contributed by atoms with E-state index in [0.29, 0.717) is 0 Å². The monoisotopic (exact) mass is 355 g/mol. The molecular weight excluding hydrogens is 343 g/mol. The molecule has 1 rings (SSSR count). The van der Waals surface area contributed by atoms with Crippen molar-refractivity contribution in [3.8, 4) is 0 Å². The van der Waals surface area contributed by atoms with E-state index in [-0.39, 0.29) is 12.1 Å². The van der Waals surface area contributed by atoms with Crippen LogP contribution in [-0.2, 0) is 32.5 Å². The van der Waals surface area contributed by atoms with Crippen molar-refractivity contribution in [2.75, 3.05) is 0 Å². The molecule has 12 heavy (non-hydrogen) atoms. The Balaban J connectivity index is 0.00000121. The third kappa shape index (κ3) is 4.46. The van der Waals surface area contributed by atoms with Crippen molar-refractivity contribution < 1.29 is 32.5 Å². The molecule has 0 fully saturated rings. The minimum atomic E-state index is -1.52. The van der Waals surface area contributed by atoms with Crippen LogP contribution in [0.2, 0.25) is 0 Å². The first-order valence-corrected chi connectivity index (χ1v) is 8.45. The van der Waals surface area contributed by atoms with Crippen LogP contribution >= 0.6 is 0 Å². The van der Waals surface area contributed by atoms with Crippen molar-refractivity contribution in [1.82, 2.24) is 6.15 Å². The van der Waals surface area contributed by atoms with Gasteiger partial charge in [0.1, 0.15) is 0 Å². The van der Waals surface area contributed by atoms with Gasteiger partial charge in [-0.3, -0.25) is 0 Å². The maximum absolute atomic E-state index is 10.5. The smallest absolute Gasteiger partial charge is 0.344 e. The first-order valence-electron chi connectivity index (χ1n) is 3.46. The van der Waals surface area contributed by atoms with Gasteiger partial charge in [0.25, 0.3) is 0 Å². The summed E-state index contributed by atoms with van der Waals surface area (Å²) >= 11 is -1.52. The predicted octanol–water partition coefficient (Wildman–Crippen LogP) is 1.03. The van der Waals surface area contributed by atoms with E-state index >= 15 is 0 Å². The molecule has 0 atom stereocenters. The number of hydrogen-bond acceptors (Lipinski definition) is 3. The second-order valence-corrected chi connectivity index (χ2v) is 7.68. The average Bonchev–Trinajstić information content (AvgIpc) is 2.03. The van der Waals surface area contributed by atoms with Crippen LogP contribution in [0.15, 0.2) is 30.3 Å². The summed E-state index contributed by atoms with van der Waals surface area (Å²) in [6.45, 7) is 1.46. The molecule has 1 aromatic rings. The molecule has 62 valence electrons. The van der Waals surface area contributed by atoms with Crippen LogP contribution in [0.5, 0.6) is 0 Å². The normalized spacial score (nSPS) is 7.75. The van der Waals surface area contributed by atoms with Gasteiger partial charge in [0, 0.05) is 0 Å². The number of rotatable bonds is 2. The summed E-state index contributed by atoms with van der Waals surface area (Å²) in [6.07, 6.45) is 0. The summed E-state index contributed by atoms with van der Waals surface area (Å²) in [4.78, 5) is 10.5. The SMILES string of the molecule is CC(=O)[O][Hg][c]1ccccc1.N. The molecule has 0 heterocycles. The number of hydrogen-bond donors (Lipinski definition) is 1. The standard InChI is InChI=1S/C6H5.C2H4O2.Hg.H3N/c1-2-4-6-5-3-1;1-2(3)4;;/h1-5H;1H3,(H,3,4);;1H3/q;;+1;/p-1. The Morgan fingerprint density at radius 1 is 1.33 bits per heavy atom. The van der Waals surface area contributed by atoms with Gasteiger partial charge >= 0.3 is 78.8 Å². The third-order valence-corrected chi connectivity index (χ3v) is 6.55. The Morgan fingerprint density at radius 2 is 1.92 bits per heavy atom. The molecule has 0 bridgehead atoms. The van der Waals surface area contributed by atoms with Gasteiger partial charge in [0.2, 0.25) is 0 Å².